The first-order chi connectivity index (χ1) is 11.5. The van der Waals surface area contributed by atoms with E-state index in [2.05, 4.69) is 5.10 Å². The van der Waals surface area contributed by atoms with Crippen LogP contribution in [-0.2, 0) is 25.9 Å². The summed E-state index contributed by atoms with van der Waals surface area (Å²) < 4.78 is 45.3. The van der Waals surface area contributed by atoms with Gasteiger partial charge in [-0.15, -0.1) is 0 Å². The van der Waals surface area contributed by atoms with Gasteiger partial charge in [-0.3, -0.25) is 9.48 Å². The van der Waals surface area contributed by atoms with Crippen molar-refractivity contribution in [1.29, 1.82) is 0 Å². The number of hydrogen-bond donors (Lipinski definition) is 0. The lowest BCUT2D eigenvalue weighted by atomic mass is 9.89. The highest BCUT2D eigenvalue weighted by Crippen LogP contribution is 2.34. The lowest BCUT2D eigenvalue weighted by Crippen LogP contribution is -2.70. The summed E-state index contributed by atoms with van der Waals surface area (Å²) in [6.07, 6.45) is 2.63. The molecule has 0 radical (unpaired) electrons. The predicted octanol–water partition coefficient (Wildman–Crippen LogP) is 0.853. The lowest BCUT2D eigenvalue weighted by molar-refractivity contribution is -0.166. The zero-order chi connectivity index (χ0) is 18.5. The van der Waals surface area contributed by atoms with Gasteiger partial charge in [0.25, 0.3) is 0 Å². The molecule has 1 aromatic heterocycles. The first-order valence-corrected chi connectivity index (χ1v) is 10.0. The first-order valence-electron chi connectivity index (χ1n) is 8.29. The van der Waals surface area contributed by atoms with Crippen LogP contribution in [0.25, 0.3) is 0 Å². The van der Waals surface area contributed by atoms with Gasteiger partial charge < -0.3 is 9.64 Å². The van der Waals surface area contributed by atoms with Crippen LogP contribution in [0.5, 0.6) is 0 Å². The van der Waals surface area contributed by atoms with E-state index in [-0.39, 0.29) is 30.2 Å². The molecule has 3 heterocycles. The molecule has 3 rings (SSSR count). The smallest absolute Gasteiger partial charge is 0.223 e. The first kappa shape index (κ1) is 18.3. The number of amides is 1. The Morgan fingerprint density at radius 2 is 2.12 bits per heavy atom. The second-order valence-corrected chi connectivity index (χ2v) is 10.6. The number of hydrogen-bond acceptors (Lipinski definition) is 5. The standard InChI is InChI=1S/C16H24FN3O4S/c1-15(2,3)4-14(21)19-9-16(10-19)11-25(22,23)13(8-24-16)7-20-6-12(17)5-18-20/h5-6,13H,4,7-11H2,1-3H3/t13-/m0/s1. The highest BCUT2D eigenvalue weighted by molar-refractivity contribution is 7.92. The number of likely N-dealkylation sites (tertiary alicyclic amines) is 1. The zero-order valence-corrected chi connectivity index (χ0v) is 15.6. The summed E-state index contributed by atoms with van der Waals surface area (Å²) >= 11 is 0. The van der Waals surface area contributed by atoms with Crippen LogP contribution in [-0.4, -0.2) is 65.3 Å². The Balaban J connectivity index is 1.59. The van der Waals surface area contributed by atoms with Crippen LogP contribution in [0.2, 0.25) is 0 Å². The Morgan fingerprint density at radius 3 is 2.64 bits per heavy atom. The summed E-state index contributed by atoms with van der Waals surface area (Å²) in [6.45, 7) is 6.69. The summed E-state index contributed by atoms with van der Waals surface area (Å²) in [7, 11) is -3.41. The molecular weight excluding hydrogens is 349 g/mol. The van der Waals surface area contributed by atoms with Gasteiger partial charge in [0, 0.05) is 6.42 Å². The Labute approximate surface area is 147 Å². The monoisotopic (exact) mass is 373 g/mol. The number of carbonyl (C=O) groups is 1. The average Bonchev–Trinajstić information content (AvgIpc) is 2.81. The number of nitrogens with zero attached hydrogens (tertiary/aromatic N) is 3. The maximum Gasteiger partial charge on any atom is 0.223 e. The third-order valence-corrected chi connectivity index (χ3v) is 6.76. The van der Waals surface area contributed by atoms with Gasteiger partial charge in [0.2, 0.25) is 5.91 Å². The molecule has 7 nitrogen and oxygen atoms in total. The number of halogens is 1. The zero-order valence-electron chi connectivity index (χ0n) is 14.7. The number of carbonyl (C=O) groups excluding carboxylic acids is 1. The molecule has 9 heteroatoms. The summed E-state index contributed by atoms with van der Waals surface area (Å²) in [6, 6.07) is 0. The molecule has 1 atom stereocenters. The molecule has 0 saturated carbocycles. The molecule has 0 aromatic carbocycles. The summed E-state index contributed by atoms with van der Waals surface area (Å²) in [4.78, 5) is 13.9. The molecule has 140 valence electrons. The Bertz CT molecular complexity index is 763. The third kappa shape index (κ3) is 4.03. The van der Waals surface area contributed by atoms with Crippen LogP contribution in [0.3, 0.4) is 0 Å². The molecule has 0 bridgehead atoms. The van der Waals surface area contributed by atoms with Crippen molar-refractivity contribution in [2.24, 2.45) is 5.41 Å². The molecule has 2 saturated heterocycles. The molecular formula is C16H24FN3O4S. The number of sulfone groups is 1. The fraction of sp³-hybridized carbons (Fsp3) is 0.750. The van der Waals surface area contributed by atoms with Crippen molar-refractivity contribution in [3.05, 3.63) is 18.2 Å². The van der Waals surface area contributed by atoms with Gasteiger partial charge in [-0.25, -0.2) is 12.8 Å². The molecule has 0 unspecified atom stereocenters. The van der Waals surface area contributed by atoms with Crippen LogP contribution < -0.4 is 0 Å². The minimum atomic E-state index is -3.41. The fourth-order valence-corrected chi connectivity index (χ4v) is 5.18. The Morgan fingerprint density at radius 1 is 1.44 bits per heavy atom. The van der Waals surface area contributed by atoms with E-state index in [4.69, 9.17) is 4.74 Å². The molecule has 25 heavy (non-hydrogen) atoms. The van der Waals surface area contributed by atoms with Crippen molar-refractivity contribution in [3.8, 4) is 0 Å². The van der Waals surface area contributed by atoms with E-state index < -0.39 is 26.5 Å². The van der Waals surface area contributed by atoms with E-state index in [1.165, 1.54) is 4.68 Å². The van der Waals surface area contributed by atoms with Crippen molar-refractivity contribution in [3.63, 3.8) is 0 Å². The topological polar surface area (TPSA) is 81.5 Å². The van der Waals surface area contributed by atoms with Crippen LogP contribution in [0.4, 0.5) is 4.39 Å². The minimum Gasteiger partial charge on any atom is -0.369 e. The van der Waals surface area contributed by atoms with Crippen molar-refractivity contribution in [1.82, 2.24) is 14.7 Å². The normalized spacial score (nSPS) is 25.0. The fourth-order valence-electron chi connectivity index (χ4n) is 3.29. The predicted molar refractivity (Wildman–Crippen MR) is 89.1 cm³/mol. The van der Waals surface area contributed by atoms with Gasteiger partial charge in [0.15, 0.2) is 15.7 Å². The van der Waals surface area contributed by atoms with E-state index in [1.54, 1.807) is 4.90 Å². The molecule has 0 aliphatic carbocycles. The maximum atomic E-state index is 13.0. The SMILES string of the molecule is CC(C)(C)CC(=O)N1CC2(C1)CS(=O)(=O)[C@@H](Cn1cc(F)cn1)CO2. The molecule has 2 aliphatic heterocycles. The summed E-state index contributed by atoms with van der Waals surface area (Å²) in [5.74, 6) is -0.598. The van der Waals surface area contributed by atoms with Crippen LogP contribution in [0, 0.1) is 11.2 Å². The van der Waals surface area contributed by atoms with Crippen LogP contribution >= 0.6 is 0 Å². The highest BCUT2D eigenvalue weighted by Gasteiger charge is 2.53. The van der Waals surface area contributed by atoms with E-state index in [0.717, 1.165) is 12.4 Å². The van der Waals surface area contributed by atoms with E-state index in [9.17, 15) is 17.6 Å². The van der Waals surface area contributed by atoms with Crippen molar-refractivity contribution in [2.75, 3.05) is 25.4 Å². The minimum absolute atomic E-state index is 0.0215. The van der Waals surface area contributed by atoms with Crippen LogP contribution in [0.15, 0.2) is 12.4 Å². The molecule has 0 N–H and O–H groups in total. The van der Waals surface area contributed by atoms with E-state index in [1.807, 2.05) is 20.8 Å². The van der Waals surface area contributed by atoms with E-state index in [0.29, 0.717) is 19.5 Å². The van der Waals surface area contributed by atoms with Gasteiger partial charge in [-0.2, -0.15) is 5.10 Å². The lowest BCUT2D eigenvalue weighted by Gasteiger charge is -2.52. The van der Waals surface area contributed by atoms with Gasteiger partial charge in [0.05, 0.1) is 44.4 Å². The molecule has 2 aliphatic rings. The Kier molecular flexibility index (Phi) is 4.43. The molecule has 2 fully saturated rings. The van der Waals surface area contributed by atoms with Gasteiger partial charge in [-0.1, -0.05) is 20.8 Å². The van der Waals surface area contributed by atoms with E-state index >= 15 is 0 Å². The molecule has 1 spiro atoms. The van der Waals surface area contributed by atoms with Crippen molar-refractivity contribution >= 4 is 15.7 Å². The van der Waals surface area contributed by atoms with Crippen molar-refractivity contribution in [2.45, 2.75) is 44.6 Å². The van der Waals surface area contributed by atoms with Gasteiger partial charge >= 0.3 is 0 Å². The summed E-state index contributed by atoms with van der Waals surface area (Å²) in [5, 5.41) is 3.03. The number of aromatic nitrogens is 2. The largest absolute Gasteiger partial charge is 0.369 e. The van der Waals surface area contributed by atoms with Gasteiger partial charge in [-0.05, 0) is 5.41 Å². The second-order valence-electron chi connectivity index (χ2n) is 8.29. The highest BCUT2D eigenvalue weighted by atomic mass is 32.2. The molecule has 1 aromatic rings. The number of ether oxygens (including phenoxy) is 1. The van der Waals surface area contributed by atoms with Crippen molar-refractivity contribution < 1.29 is 22.3 Å². The summed E-state index contributed by atoms with van der Waals surface area (Å²) in [5.41, 5.74) is -0.901. The third-order valence-electron chi connectivity index (χ3n) is 4.53. The quantitative estimate of drug-likeness (QED) is 0.785. The second kappa shape index (κ2) is 6.05. The Hall–Kier alpha value is -1.48. The average molecular weight is 373 g/mol. The maximum absolute atomic E-state index is 13.0. The number of rotatable bonds is 3. The van der Waals surface area contributed by atoms with Gasteiger partial charge in [0.1, 0.15) is 10.9 Å². The van der Waals surface area contributed by atoms with Crippen LogP contribution in [0.1, 0.15) is 27.2 Å². The molecule has 1 amide bonds.